The van der Waals surface area contributed by atoms with Gasteiger partial charge in [-0.25, -0.2) is 0 Å². The topological polar surface area (TPSA) is 51.9 Å². The Bertz CT molecular complexity index is 729. The Balaban J connectivity index is 1.78. The van der Waals surface area contributed by atoms with Gasteiger partial charge in [-0.15, -0.1) is 11.3 Å². The van der Waals surface area contributed by atoms with Crippen LogP contribution in [0, 0.1) is 4.77 Å². The lowest BCUT2D eigenvalue weighted by Crippen LogP contribution is -2.35. The summed E-state index contributed by atoms with van der Waals surface area (Å²) < 4.78 is 0.424. The van der Waals surface area contributed by atoms with Gasteiger partial charge in [-0.1, -0.05) is 6.92 Å². The number of H-pyrrole nitrogens is 2. The number of rotatable bonds is 3. The molecule has 0 aliphatic carbocycles. The molecule has 4 nitrogen and oxygen atoms in total. The zero-order chi connectivity index (χ0) is 14.1. The van der Waals surface area contributed by atoms with E-state index in [0.717, 1.165) is 37.2 Å². The Morgan fingerprint density at radius 3 is 2.90 bits per heavy atom. The second-order valence-electron chi connectivity index (χ2n) is 5.05. The molecule has 2 aromatic rings. The van der Waals surface area contributed by atoms with E-state index < -0.39 is 0 Å². The Hall–Kier alpha value is -1.24. The molecule has 0 radical (unpaired) electrons. The van der Waals surface area contributed by atoms with Crippen LogP contribution in [-0.4, -0.2) is 21.4 Å². The smallest absolute Gasteiger partial charge is 0.256 e. The summed E-state index contributed by atoms with van der Waals surface area (Å²) in [6.07, 6.45) is 1.94. The molecule has 0 amide bonds. The van der Waals surface area contributed by atoms with Crippen molar-refractivity contribution in [2.45, 2.75) is 32.9 Å². The van der Waals surface area contributed by atoms with Gasteiger partial charge < -0.3 is 4.98 Å². The summed E-state index contributed by atoms with van der Waals surface area (Å²) in [5.41, 5.74) is 1.78. The van der Waals surface area contributed by atoms with Gasteiger partial charge in [0.15, 0.2) is 4.77 Å². The van der Waals surface area contributed by atoms with E-state index in [2.05, 4.69) is 33.9 Å². The number of nitrogens with zero attached hydrogens (tertiary/aromatic N) is 1. The first kappa shape index (κ1) is 13.7. The number of aromatic amines is 2. The van der Waals surface area contributed by atoms with Crippen molar-refractivity contribution in [2.75, 3.05) is 6.54 Å². The SMILES string of the molecule is CCc1ccc(CN2CCc3[nH]c(=S)[nH]c(=O)c3C2)s1. The maximum atomic E-state index is 12.0. The van der Waals surface area contributed by atoms with Crippen LogP contribution in [-0.2, 0) is 25.9 Å². The van der Waals surface area contributed by atoms with E-state index in [1.165, 1.54) is 9.75 Å². The van der Waals surface area contributed by atoms with Gasteiger partial charge in [0.1, 0.15) is 0 Å². The molecule has 0 bridgehead atoms. The van der Waals surface area contributed by atoms with Crippen LogP contribution < -0.4 is 5.56 Å². The second kappa shape index (κ2) is 5.63. The van der Waals surface area contributed by atoms with Gasteiger partial charge in [0.25, 0.3) is 5.56 Å². The summed E-state index contributed by atoms with van der Waals surface area (Å²) in [6, 6.07) is 4.39. The molecular formula is C14H17N3OS2. The van der Waals surface area contributed by atoms with Gasteiger partial charge in [-0.05, 0) is 30.8 Å². The third kappa shape index (κ3) is 2.77. The van der Waals surface area contributed by atoms with Crippen molar-refractivity contribution >= 4 is 23.6 Å². The van der Waals surface area contributed by atoms with E-state index in [-0.39, 0.29) is 5.56 Å². The van der Waals surface area contributed by atoms with Crippen molar-refractivity contribution in [1.82, 2.24) is 14.9 Å². The van der Waals surface area contributed by atoms with Crippen LogP contribution in [0.5, 0.6) is 0 Å². The Labute approximate surface area is 126 Å². The summed E-state index contributed by atoms with van der Waals surface area (Å²) in [4.78, 5) is 22.8. The van der Waals surface area contributed by atoms with Crippen LogP contribution in [0.1, 0.15) is 27.9 Å². The fourth-order valence-corrected chi connectivity index (χ4v) is 3.78. The monoisotopic (exact) mass is 307 g/mol. The van der Waals surface area contributed by atoms with Crippen molar-refractivity contribution in [3.05, 3.63) is 48.3 Å². The van der Waals surface area contributed by atoms with Crippen LogP contribution in [0.4, 0.5) is 0 Å². The minimum Gasteiger partial charge on any atom is -0.335 e. The molecule has 0 saturated carbocycles. The fraction of sp³-hybridized carbons (Fsp3) is 0.429. The zero-order valence-electron chi connectivity index (χ0n) is 11.4. The minimum atomic E-state index is -0.0473. The number of fused-ring (bicyclic) bond motifs is 1. The number of aryl methyl sites for hydroxylation is 1. The van der Waals surface area contributed by atoms with E-state index in [1.807, 2.05) is 11.3 Å². The third-order valence-corrected chi connectivity index (χ3v) is 5.05. The molecule has 2 N–H and O–H groups in total. The highest BCUT2D eigenvalue weighted by atomic mass is 32.1. The van der Waals surface area contributed by atoms with Crippen molar-refractivity contribution in [2.24, 2.45) is 0 Å². The van der Waals surface area contributed by atoms with Crippen LogP contribution in [0.15, 0.2) is 16.9 Å². The summed E-state index contributed by atoms with van der Waals surface area (Å²) in [5, 5.41) is 0. The average Bonchev–Trinajstić information content (AvgIpc) is 2.87. The molecule has 106 valence electrons. The van der Waals surface area contributed by atoms with Crippen LogP contribution in [0.3, 0.4) is 0 Å². The molecule has 1 aliphatic heterocycles. The molecular weight excluding hydrogens is 290 g/mol. The Morgan fingerprint density at radius 1 is 1.35 bits per heavy atom. The second-order valence-corrected chi connectivity index (χ2v) is 6.71. The number of thiophene rings is 1. The van der Waals surface area contributed by atoms with E-state index in [4.69, 9.17) is 12.2 Å². The molecule has 3 rings (SSSR count). The van der Waals surface area contributed by atoms with E-state index in [0.29, 0.717) is 11.3 Å². The van der Waals surface area contributed by atoms with Crippen molar-refractivity contribution < 1.29 is 0 Å². The highest BCUT2D eigenvalue weighted by molar-refractivity contribution is 7.71. The van der Waals surface area contributed by atoms with Gasteiger partial charge in [0.05, 0.1) is 5.56 Å². The van der Waals surface area contributed by atoms with Gasteiger partial charge >= 0.3 is 0 Å². The minimum absolute atomic E-state index is 0.0473. The average molecular weight is 307 g/mol. The maximum absolute atomic E-state index is 12.0. The van der Waals surface area contributed by atoms with Gasteiger partial charge in [-0.2, -0.15) is 0 Å². The highest BCUT2D eigenvalue weighted by Gasteiger charge is 2.20. The molecule has 6 heteroatoms. The molecule has 0 saturated heterocycles. The van der Waals surface area contributed by atoms with Crippen LogP contribution in [0.2, 0.25) is 0 Å². The molecule has 0 aromatic carbocycles. The fourth-order valence-electron chi connectivity index (χ4n) is 2.57. The lowest BCUT2D eigenvalue weighted by molar-refractivity contribution is 0.243. The maximum Gasteiger partial charge on any atom is 0.256 e. The number of hydrogen-bond donors (Lipinski definition) is 2. The van der Waals surface area contributed by atoms with Gasteiger partial charge in [-0.3, -0.25) is 14.7 Å². The van der Waals surface area contributed by atoms with Crippen LogP contribution in [0.25, 0.3) is 0 Å². The molecule has 3 heterocycles. The molecule has 0 fully saturated rings. The standard InChI is InChI=1S/C14H17N3OS2/c1-2-9-3-4-10(20-9)7-17-6-5-12-11(8-17)13(18)16-14(19)15-12/h3-4H,2,5-8H2,1H3,(H2,15,16,18,19). The van der Waals surface area contributed by atoms with Crippen molar-refractivity contribution in [3.8, 4) is 0 Å². The quantitative estimate of drug-likeness (QED) is 0.857. The predicted molar refractivity (Wildman–Crippen MR) is 83.8 cm³/mol. The van der Waals surface area contributed by atoms with Crippen molar-refractivity contribution in [3.63, 3.8) is 0 Å². The summed E-state index contributed by atoms with van der Waals surface area (Å²) >= 11 is 6.87. The largest absolute Gasteiger partial charge is 0.335 e. The van der Waals surface area contributed by atoms with E-state index >= 15 is 0 Å². The first-order valence-electron chi connectivity index (χ1n) is 6.80. The summed E-state index contributed by atoms with van der Waals surface area (Å²) in [7, 11) is 0. The molecule has 1 aliphatic rings. The van der Waals surface area contributed by atoms with E-state index in [9.17, 15) is 4.79 Å². The first-order valence-corrected chi connectivity index (χ1v) is 8.02. The highest BCUT2D eigenvalue weighted by Crippen LogP contribution is 2.21. The molecule has 0 unspecified atom stereocenters. The number of nitrogens with one attached hydrogen (secondary N) is 2. The Morgan fingerprint density at radius 2 is 2.15 bits per heavy atom. The van der Waals surface area contributed by atoms with Crippen molar-refractivity contribution in [1.29, 1.82) is 0 Å². The van der Waals surface area contributed by atoms with E-state index in [1.54, 1.807) is 0 Å². The third-order valence-electron chi connectivity index (χ3n) is 3.63. The normalized spacial score (nSPS) is 15.2. The molecule has 0 spiro atoms. The number of aromatic nitrogens is 2. The van der Waals surface area contributed by atoms with Crippen LogP contribution >= 0.6 is 23.6 Å². The summed E-state index contributed by atoms with van der Waals surface area (Å²) in [6.45, 7) is 4.74. The lowest BCUT2D eigenvalue weighted by atomic mass is 10.1. The molecule has 2 aromatic heterocycles. The summed E-state index contributed by atoms with van der Waals surface area (Å²) in [5.74, 6) is 0. The first-order chi connectivity index (χ1) is 9.65. The van der Waals surface area contributed by atoms with Gasteiger partial charge in [0, 0.05) is 41.5 Å². The molecule has 0 atom stereocenters. The van der Waals surface area contributed by atoms with Gasteiger partial charge in [0.2, 0.25) is 0 Å². The Kier molecular flexibility index (Phi) is 3.87. The zero-order valence-corrected chi connectivity index (χ0v) is 13.0. The predicted octanol–water partition coefficient (Wildman–Crippen LogP) is 2.61. The number of hydrogen-bond acceptors (Lipinski definition) is 4. The lowest BCUT2D eigenvalue weighted by Gasteiger charge is -2.27. The molecule has 20 heavy (non-hydrogen) atoms.